The number of amides is 1. The lowest BCUT2D eigenvalue weighted by Gasteiger charge is -2.33. The van der Waals surface area contributed by atoms with Crippen LogP contribution in [-0.4, -0.2) is 48.2 Å². The topological polar surface area (TPSA) is 60.9 Å². The van der Waals surface area contributed by atoms with Crippen LogP contribution in [0.2, 0.25) is 0 Å². The number of morpholine rings is 1. The molecule has 126 valence electrons. The summed E-state index contributed by atoms with van der Waals surface area (Å²) in [5.74, 6) is 1.79. The highest BCUT2D eigenvalue weighted by Gasteiger charge is 2.23. The number of hydrogen-bond donors (Lipinski definition) is 0. The van der Waals surface area contributed by atoms with E-state index in [1.54, 1.807) is 41.4 Å². The molecule has 0 unspecified atom stereocenters. The van der Waals surface area contributed by atoms with Crippen molar-refractivity contribution in [3.05, 3.63) is 48.7 Å². The number of hydrogen-bond acceptors (Lipinski definition) is 5. The van der Waals surface area contributed by atoms with Crippen molar-refractivity contribution in [3.63, 3.8) is 0 Å². The summed E-state index contributed by atoms with van der Waals surface area (Å²) in [5.41, 5.74) is 0. The zero-order chi connectivity index (χ0) is 16.8. The van der Waals surface area contributed by atoms with Gasteiger partial charge in [-0.15, -0.1) is 0 Å². The van der Waals surface area contributed by atoms with E-state index in [1.165, 1.54) is 0 Å². The molecule has 24 heavy (non-hydrogen) atoms. The number of nitrogens with zero attached hydrogens (tertiary/aromatic N) is 2. The fraction of sp³-hybridized carbons (Fsp3) is 0.333. The summed E-state index contributed by atoms with van der Waals surface area (Å²) in [5, 5.41) is 0. The Labute approximate surface area is 141 Å². The first kappa shape index (κ1) is 16.3. The summed E-state index contributed by atoms with van der Waals surface area (Å²) in [6.45, 7) is 3.76. The lowest BCUT2D eigenvalue weighted by Crippen LogP contribution is -2.48. The summed E-state index contributed by atoms with van der Waals surface area (Å²) in [6, 6.07) is 12.7. The van der Waals surface area contributed by atoms with Crippen LogP contribution in [-0.2, 0) is 9.53 Å². The Hall–Kier alpha value is -2.60. The van der Waals surface area contributed by atoms with Gasteiger partial charge in [-0.05, 0) is 37.3 Å². The fourth-order valence-corrected chi connectivity index (χ4v) is 2.46. The minimum Gasteiger partial charge on any atom is -0.484 e. The largest absolute Gasteiger partial charge is 0.484 e. The quantitative estimate of drug-likeness (QED) is 0.844. The number of benzene rings is 1. The normalized spacial score (nSPS) is 17.4. The molecular formula is C18H20N2O4. The van der Waals surface area contributed by atoms with E-state index in [2.05, 4.69) is 4.98 Å². The lowest BCUT2D eigenvalue weighted by atomic mass is 10.2. The molecule has 2 aromatic rings. The van der Waals surface area contributed by atoms with Gasteiger partial charge < -0.3 is 19.1 Å². The third-order valence-electron chi connectivity index (χ3n) is 3.73. The number of aromatic nitrogens is 1. The molecule has 0 N–H and O–H groups in total. The van der Waals surface area contributed by atoms with Gasteiger partial charge in [-0.3, -0.25) is 4.79 Å². The van der Waals surface area contributed by atoms with E-state index in [0.717, 1.165) is 0 Å². The molecular weight excluding hydrogens is 308 g/mol. The SMILES string of the molecule is C[C@H]1COCCN1C(=O)COc1ccc(Oc2ccccn2)cc1. The second-order valence-corrected chi connectivity index (χ2v) is 5.54. The highest BCUT2D eigenvalue weighted by molar-refractivity contribution is 5.78. The van der Waals surface area contributed by atoms with Crippen molar-refractivity contribution in [2.45, 2.75) is 13.0 Å². The van der Waals surface area contributed by atoms with Crippen molar-refractivity contribution >= 4 is 5.91 Å². The van der Waals surface area contributed by atoms with Crippen molar-refractivity contribution in [1.29, 1.82) is 0 Å². The minimum absolute atomic E-state index is 0.0186. The molecule has 1 aromatic carbocycles. The van der Waals surface area contributed by atoms with Crippen LogP contribution in [0, 0.1) is 0 Å². The van der Waals surface area contributed by atoms with Crippen molar-refractivity contribution < 1.29 is 19.0 Å². The van der Waals surface area contributed by atoms with E-state index in [4.69, 9.17) is 14.2 Å². The maximum atomic E-state index is 12.2. The maximum absolute atomic E-state index is 12.2. The van der Waals surface area contributed by atoms with Crippen LogP contribution in [0.15, 0.2) is 48.7 Å². The second-order valence-electron chi connectivity index (χ2n) is 5.54. The van der Waals surface area contributed by atoms with Gasteiger partial charge in [0.2, 0.25) is 5.88 Å². The Bertz CT molecular complexity index is 660. The molecule has 6 heteroatoms. The first-order valence-corrected chi connectivity index (χ1v) is 7.91. The molecule has 0 spiro atoms. The van der Waals surface area contributed by atoms with E-state index in [0.29, 0.717) is 37.1 Å². The molecule has 1 amide bonds. The van der Waals surface area contributed by atoms with Gasteiger partial charge in [0.1, 0.15) is 11.5 Å². The number of carbonyl (C=O) groups is 1. The maximum Gasteiger partial charge on any atom is 0.260 e. The Morgan fingerprint density at radius 1 is 1.25 bits per heavy atom. The zero-order valence-electron chi connectivity index (χ0n) is 13.6. The molecule has 0 radical (unpaired) electrons. The Kier molecular flexibility index (Phi) is 5.28. The first-order valence-electron chi connectivity index (χ1n) is 7.91. The molecule has 1 aliphatic rings. The van der Waals surface area contributed by atoms with Crippen LogP contribution in [0.5, 0.6) is 17.4 Å². The van der Waals surface area contributed by atoms with Gasteiger partial charge in [0.15, 0.2) is 6.61 Å². The monoisotopic (exact) mass is 328 g/mol. The first-order chi connectivity index (χ1) is 11.7. The van der Waals surface area contributed by atoms with E-state index in [9.17, 15) is 4.79 Å². The van der Waals surface area contributed by atoms with Crippen LogP contribution in [0.1, 0.15) is 6.92 Å². The molecule has 3 rings (SSSR count). The zero-order valence-corrected chi connectivity index (χ0v) is 13.6. The Morgan fingerprint density at radius 2 is 2.04 bits per heavy atom. The summed E-state index contributed by atoms with van der Waals surface area (Å²) in [7, 11) is 0. The smallest absolute Gasteiger partial charge is 0.260 e. The summed E-state index contributed by atoms with van der Waals surface area (Å²) < 4.78 is 16.5. The molecule has 1 fully saturated rings. The second kappa shape index (κ2) is 7.79. The molecule has 2 heterocycles. The molecule has 6 nitrogen and oxygen atoms in total. The van der Waals surface area contributed by atoms with Gasteiger partial charge in [-0.1, -0.05) is 6.07 Å². The van der Waals surface area contributed by atoms with E-state index >= 15 is 0 Å². The molecule has 1 aromatic heterocycles. The average molecular weight is 328 g/mol. The van der Waals surface area contributed by atoms with Gasteiger partial charge in [-0.2, -0.15) is 0 Å². The van der Waals surface area contributed by atoms with Gasteiger partial charge in [0.05, 0.1) is 19.3 Å². The minimum atomic E-state index is -0.0281. The third kappa shape index (κ3) is 4.23. The van der Waals surface area contributed by atoms with Gasteiger partial charge >= 0.3 is 0 Å². The Balaban J connectivity index is 1.51. The van der Waals surface area contributed by atoms with Gasteiger partial charge in [-0.25, -0.2) is 4.98 Å². The summed E-state index contributed by atoms with van der Waals surface area (Å²) in [6.07, 6.45) is 1.67. The highest BCUT2D eigenvalue weighted by Crippen LogP contribution is 2.22. The van der Waals surface area contributed by atoms with E-state index in [1.807, 2.05) is 19.1 Å². The van der Waals surface area contributed by atoms with Crippen LogP contribution < -0.4 is 9.47 Å². The molecule has 1 aliphatic heterocycles. The van der Waals surface area contributed by atoms with Crippen molar-refractivity contribution in [2.75, 3.05) is 26.4 Å². The number of rotatable bonds is 5. The molecule has 0 bridgehead atoms. The van der Waals surface area contributed by atoms with Crippen LogP contribution in [0.4, 0.5) is 0 Å². The van der Waals surface area contributed by atoms with Crippen LogP contribution in [0.25, 0.3) is 0 Å². The fourth-order valence-electron chi connectivity index (χ4n) is 2.46. The van der Waals surface area contributed by atoms with Crippen molar-refractivity contribution in [1.82, 2.24) is 9.88 Å². The van der Waals surface area contributed by atoms with Crippen LogP contribution in [0.3, 0.4) is 0 Å². The number of carbonyl (C=O) groups excluding carboxylic acids is 1. The predicted molar refractivity (Wildman–Crippen MR) is 88.2 cm³/mol. The molecule has 1 saturated heterocycles. The average Bonchev–Trinajstić information content (AvgIpc) is 2.62. The van der Waals surface area contributed by atoms with Gasteiger partial charge in [0.25, 0.3) is 5.91 Å². The van der Waals surface area contributed by atoms with Crippen LogP contribution >= 0.6 is 0 Å². The van der Waals surface area contributed by atoms with Gasteiger partial charge in [0, 0.05) is 18.8 Å². The van der Waals surface area contributed by atoms with E-state index < -0.39 is 0 Å². The standard InChI is InChI=1S/C18H20N2O4/c1-14-12-22-11-10-20(14)18(21)13-23-15-5-7-16(8-6-15)24-17-4-2-3-9-19-17/h2-9,14H,10-13H2,1H3/t14-/m0/s1. The number of ether oxygens (including phenoxy) is 3. The Morgan fingerprint density at radius 3 is 2.75 bits per heavy atom. The summed E-state index contributed by atoms with van der Waals surface area (Å²) >= 11 is 0. The molecule has 0 aliphatic carbocycles. The van der Waals surface area contributed by atoms with Crippen molar-refractivity contribution in [2.24, 2.45) is 0 Å². The predicted octanol–water partition coefficient (Wildman–Crippen LogP) is 2.50. The number of pyridine rings is 1. The van der Waals surface area contributed by atoms with Crippen molar-refractivity contribution in [3.8, 4) is 17.4 Å². The lowest BCUT2D eigenvalue weighted by molar-refractivity contribution is -0.141. The summed E-state index contributed by atoms with van der Waals surface area (Å²) in [4.78, 5) is 18.1. The third-order valence-corrected chi connectivity index (χ3v) is 3.73. The molecule has 0 saturated carbocycles. The van der Waals surface area contributed by atoms with E-state index in [-0.39, 0.29) is 18.6 Å². The molecule has 1 atom stereocenters. The highest BCUT2D eigenvalue weighted by atomic mass is 16.5.